The first-order valence-electron chi connectivity index (χ1n) is 6.19. The fraction of sp³-hybridized carbons (Fsp3) is 0.500. The number of aromatic nitrogens is 3. The van der Waals surface area contributed by atoms with Crippen LogP contribution >= 0.6 is 0 Å². The van der Waals surface area contributed by atoms with Gasteiger partial charge in [-0.15, -0.1) is 5.10 Å². The molecule has 2 aromatic heterocycles. The molecule has 0 saturated carbocycles. The summed E-state index contributed by atoms with van der Waals surface area (Å²) in [6, 6.07) is 1.81. The first-order valence-corrected chi connectivity index (χ1v) is 6.19. The predicted molar refractivity (Wildman–Crippen MR) is 69.3 cm³/mol. The van der Waals surface area contributed by atoms with Crippen LogP contribution in [0.25, 0.3) is 5.69 Å². The van der Waals surface area contributed by atoms with Crippen LogP contribution in [-0.2, 0) is 9.31 Å². The van der Waals surface area contributed by atoms with Crippen LogP contribution in [0.3, 0.4) is 0 Å². The summed E-state index contributed by atoms with van der Waals surface area (Å²) >= 11 is 0. The lowest BCUT2D eigenvalue weighted by atomic mass is 9.86. The monoisotopic (exact) mass is 261 g/mol. The Labute approximate surface area is 111 Å². The second-order valence-corrected chi connectivity index (χ2v) is 5.66. The molecule has 6 nitrogen and oxygen atoms in total. The molecule has 19 heavy (non-hydrogen) atoms. The molecule has 0 aromatic carbocycles. The third kappa shape index (κ3) is 1.99. The molecule has 0 amide bonds. The van der Waals surface area contributed by atoms with E-state index in [1.807, 2.05) is 33.8 Å². The quantitative estimate of drug-likeness (QED) is 0.759. The van der Waals surface area contributed by atoms with E-state index in [4.69, 9.17) is 13.7 Å². The number of hydrogen-bond acceptors (Lipinski definition) is 5. The van der Waals surface area contributed by atoms with E-state index in [0.29, 0.717) is 5.59 Å². The van der Waals surface area contributed by atoms with Crippen molar-refractivity contribution in [3.05, 3.63) is 24.8 Å². The van der Waals surface area contributed by atoms with Crippen LogP contribution in [-0.4, -0.2) is 33.3 Å². The Balaban J connectivity index is 1.85. The molecule has 1 fully saturated rings. The summed E-state index contributed by atoms with van der Waals surface area (Å²) in [5, 5.41) is 8.15. The van der Waals surface area contributed by atoms with Gasteiger partial charge in [-0.1, -0.05) is 5.21 Å². The van der Waals surface area contributed by atoms with Gasteiger partial charge >= 0.3 is 7.12 Å². The molecule has 1 saturated heterocycles. The minimum atomic E-state index is -0.495. The minimum absolute atomic E-state index is 0.378. The van der Waals surface area contributed by atoms with Gasteiger partial charge in [-0.25, -0.2) is 4.68 Å². The minimum Gasteiger partial charge on any atom is -0.470 e. The van der Waals surface area contributed by atoms with E-state index in [9.17, 15) is 0 Å². The number of rotatable bonds is 2. The zero-order valence-electron chi connectivity index (χ0n) is 11.5. The highest BCUT2D eigenvalue weighted by Gasteiger charge is 2.52. The van der Waals surface area contributed by atoms with E-state index < -0.39 is 7.12 Å². The maximum atomic E-state index is 5.92. The van der Waals surface area contributed by atoms with Gasteiger partial charge in [-0.2, -0.15) is 0 Å². The third-order valence-electron chi connectivity index (χ3n) is 3.78. The standard InChI is InChI=1S/C12H16BN3O3/c1-11(2)12(3,4)19-13(18-11)10-7-16(15-14-10)9-5-6-17-8-9/h5-8H,1-4H3. The van der Waals surface area contributed by atoms with Crippen LogP contribution in [0, 0.1) is 0 Å². The molecule has 1 aliphatic rings. The fourth-order valence-electron chi connectivity index (χ4n) is 1.86. The second-order valence-electron chi connectivity index (χ2n) is 5.66. The number of furan rings is 1. The van der Waals surface area contributed by atoms with Crippen molar-refractivity contribution in [2.75, 3.05) is 0 Å². The van der Waals surface area contributed by atoms with Crippen LogP contribution in [0.1, 0.15) is 27.7 Å². The number of nitrogens with zero attached hydrogens (tertiary/aromatic N) is 3. The molecule has 0 atom stereocenters. The van der Waals surface area contributed by atoms with Gasteiger partial charge in [0.25, 0.3) is 0 Å². The van der Waals surface area contributed by atoms with Gasteiger partial charge in [-0.3, -0.25) is 0 Å². The van der Waals surface area contributed by atoms with Gasteiger partial charge in [0.2, 0.25) is 0 Å². The van der Waals surface area contributed by atoms with Crippen molar-refractivity contribution in [1.82, 2.24) is 15.0 Å². The van der Waals surface area contributed by atoms with Crippen molar-refractivity contribution < 1.29 is 13.7 Å². The fourth-order valence-corrected chi connectivity index (χ4v) is 1.86. The molecule has 3 rings (SSSR count). The molecule has 0 unspecified atom stereocenters. The summed E-state index contributed by atoms with van der Waals surface area (Å²) in [7, 11) is -0.495. The molecule has 1 aliphatic heterocycles. The molecule has 0 aliphatic carbocycles. The SMILES string of the molecule is CC1(C)OB(c2cn(-c3ccoc3)nn2)OC1(C)C. The average molecular weight is 261 g/mol. The smallest absolute Gasteiger partial charge is 0.470 e. The Morgan fingerprint density at radius 1 is 1.16 bits per heavy atom. The van der Waals surface area contributed by atoms with Gasteiger partial charge in [-0.05, 0) is 27.7 Å². The van der Waals surface area contributed by atoms with E-state index in [-0.39, 0.29) is 11.2 Å². The first kappa shape index (κ1) is 12.4. The van der Waals surface area contributed by atoms with Gasteiger partial charge in [0.05, 0.1) is 23.7 Å². The highest BCUT2D eigenvalue weighted by molar-refractivity contribution is 6.61. The van der Waals surface area contributed by atoms with E-state index in [1.165, 1.54) is 0 Å². The van der Waals surface area contributed by atoms with Crippen molar-refractivity contribution in [3.63, 3.8) is 0 Å². The van der Waals surface area contributed by atoms with Crippen LogP contribution in [0.5, 0.6) is 0 Å². The van der Waals surface area contributed by atoms with Crippen LogP contribution in [0.15, 0.2) is 29.2 Å². The van der Waals surface area contributed by atoms with Gasteiger partial charge in [0.1, 0.15) is 17.5 Å². The molecule has 0 bridgehead atoms. The summed E-state index contributed by atoms with van der Waals surface area (Å²) in [6.07, 6.45) is 4.97. The highest BCUT2D eigenvalue weighted by Crippen LogP contribution is 2.36. The summed E-state index contributed by atoms with van der Waals surface area (Å²) in [5.41, 5.74) is 0.712. The maximum absolute atomic E-state index is 5.92. The van der Waals surface area contributed by atoms with Crippen LogP contribution in [0.2, 0.25) is 0 Å². The molecule has 0 radical (unpaired) electrons. The van der Waals surface area contributed by atoms with E-state index in [0.717, 1.165) is 5.69 Å². The molecule has 2 aromatic rings. The zero-order chi connectivity index (χ0) is 13.7. The molecule has 3 heterocycles. The molecular formula is C12H16BN3O3. The average Bonchev–Trinajstić information content (AvgIpc) is 3.00. The summed E-state index contributed by atoms with van der Waals surface area (Å²) < 4.78 is 18.5. The topological polar surface area (TPSA) is 62.3 Å². The van der Waals surface area contributed by atoms with Gasteiger partial charge < -0.3 is 13.7 Å². The molecular weight excluding hydrogens is 245 g/mol. The molecule has 0 N–H and O–H groups in total. The van der Waals surface area contributed by atoms with Crippen molar-refractivity contribution >= 4 is 12.7 Å². The summed E-state index contributed by atoms with van der Waals surface area (Å²) in [4.78, 5) is 0. The second kappa shape index (κ2) is 3.95. The van der Waals surface area contributed by atoms with Crippen molar-refractivity contribution in [1.29, 1.82) is 0 Å². The Kier molecular flexibility index (Phi) is 2.58. The van der Waals surface area contributed by atoms with E-state index in [2.05, 4.69) is 10.3 Å². The maximum Gasteiger partial charge on any atom is 0.518 e. The van der Waals surface area contributed by atoms with Gasteiger partial charge in [0, 0.05) is 6.07 Å². The Morgan fingerprint density at radius 3 is 2.42 bits per heavy atom. The lowest BCUT2D eigenvalue weighted by Gasteiger charge is -2.32. The molecule has 100 valence electrons. The largest absolute Gasteiger partial charge is 0.518 e. The van der Waals surface area contributed by atoms with E-state index >= 15 is 0 Å². The van der Waals surface area contributed by atoms with Crippen LogP contribution in [0.4, 0.5) is 0 Å². The Bertz CT molecular complexity index is 561. The lowest BCUT2D eigenvalue weighted by Crippen LogP contribution is -2.41. The Morgan fingerprint density at radius 2 is 1.84 bits per heavy atom. The van der Waals surface area contributed by atoms with Crippen molar-refractivity contribution in [3.8, 4) is 5.69 Å². The molecule has 0 spiro atoms. The lowest BCUT2D eigenvalue weighted by molar-refractivity contribution is 0.00578. The van der Waals surface area contributed by atoms with Crippen LogP contribution < -0.4 is 5.59 Å². The van der Waals surface area contributed by atoms with Crippen molar-refractivity contribution in [2.24, 2.45) is 0 Å². The van der Waals surface area contributed by atoms with Gasteiger partial charge in [0.15, 0.2) is 0 Å². The number of hydrogen-bond donors (Lipinski definition) is 0. The molecule has 7 heteroatoms. The predicted octanol–water partition coefficient (Wildman–Crippen LogP) is 1.16. The third-order valence-corrected chi connectivity index (χ3v) is 3.78. The van der Waals surface area contributed by atoms with Crippen molar-refractivity contribution in [2.45, 2.75) is 38.9 Å². The summed E-state index contributed by atoms with van der Waals surface area (Å²) in [6.45, 7) is 8.03. The zero-order valence-corrected chi connectivity index (χ0v) is 11.5. The summed E-state index contributed by atoms with van der Waals surface area (Å²) in [5.74, 6) is 0. The normalized spacial score (nSPS) is 20.9. The highest BCUT2D eigenvalue weighted by atomic mass is 16.7. The Hall–Kier alpha value is -1.60. The first-order chi connectivity index (χ1) is 8.89. The van der Waals surface area contributed by atoms with E-state index in [1.54, 1.807) is 23.4 Å².